The lowest BCUT2D eigenvalue weighted by Gasteiger charge is -2.12. The van der Waals surface area contributed by atoms with E-state index in [9.17, 15) is 4.79 Å². The van der Waals surface area contributed by atoms with E-state index in [0.29, 0.717) is 5.57 Å². The van der Waals surface area contributed by atoms with Gasteiger partial charge in [-0.25, -0.2) is 4.79 Å². The Kier molecular flexibility index (Phi) is 2.56. The van der Waals surface area contributed by atoms with E-state index in [-0.39, 0.29) is 12.6 Å². The molecule has 0 aromatic heterocycles. The Bertz CT molecular complexity index is 458. The summed E-state index contributed by atoms with van der Waals surface area (Å²) in [5.74, 6) is -0.305. The molecule has 0 unspecified atom stereocenters. The number of esters is 1. The molecule has 0 saturated heterocycles. The number of cyclic esters (lactones) is 1. The summed E-state index contributed by atoms with van der Waals surface area (Å²) in [4.78, 5) is 11.6. The second-order valence-electron chi connectivity index (χ2n) is 4.41. The van der Waals surface area contributed by atoms with Crippen LogP contribution in [0.5, 0.6) is 0 Å². The van der Waals surface area contributed by atoms with Crippen LogP contribution in [0.25, 0.3) is 5.57 Å². The molecule has 1 aromatic rings. The lowest BCUT2D eigenvalue weighted by Crippen LogP contribution is -2.17. The maximum atomic E-state index is 11.6. The van der Waals surface area contributed by atoms with Gasteiger partial charge in [-0.2, -0.15) is 0 Å². The maximum absolute atomic E-state index is 11.6. The fourth-order valence-electron chi connectivity index (χ4n) is 1.77. The van der Waals surface area contributed by atoms with Gasteiger partial charge < -0.3 is 9.84 Å². The molecule has 0 fully saturated rings. The van der Waals surface area contributed by atoms with Crippen LogP contribution < -0.4 is 0 Å². The molecule has 0 spiro atoms. The number of rotatable bonds is 2. The molecular weight excluding hydrogens is 204 g/mol. The summed E-state index contributed by atoms with van der Waals surface area (Å²) < 4.78 is 5.20. The van der Waals surface area contributed by atoms with Crippen LogP contribution in [0.15, 0.2) is 30.3 Å². The average Bonchev–Trinajstić information content (AvgIpc) is 2.52. The topological polar surface area (TPSA) is 46.5 Å². The van der Waals surface area contributed by atoms with Crippen LogP contribution in [-0.4, -0.2) is 16.7 Å². The molecule has 0 saturated carbocycles. The second-order valence-corrected chi connectivity index (χ2v) is 4.41. The molecule has 1 heterocycles. The first kappa shape index (κ1) is 10.9. The zero-order valence-corrected chi connectivity index (χ0v) is 9.36. The third-order valence-electron chi connectivity index (χ3n) is 2.49. The Morgan fingerprint density at radius 2 is 2.12 bits per heavy atom. The minimum absolute atomic E-state index is 0.0282. The summed E-state index contributed by atoms with van der Waals surface area (Å²) in [7, 11) is 0. The van der Waals surface area contributed by atoms with Crippen molar-refractivity contribution in [2.24, 2.45) is 0 Å². The molecule has 0 amide bonds. The van der Waals surface area contributed by atoms with Crippen molar-refractivity contribution in [1.29, 1.82) is 0 Å². The monoisotopic (exact) mass is 218 g/mol. The van der Waals surface area contributed by atoms with Crippen molar-refractivity contribution in [2.45, 2.75) is 26.1 Å². The van der Waals surface area contributed by atoms with Crippen molar-refractivity contribution in [2.75, 3.05) is 0 Å². The highest BCUT2D eigenvalue weighted by molar-refractivity contribution is 6.18. The standard InChI is InChI=1S/C13H14O3/c1-13(2)7-11(12(15)16-13)10-5-3-4-9(6-10)8-14/h3-7,14H,8H2,1-2H3. The predicted octanol–water partition coefficient (Wildman–Crippen LogP) is 1.90. The molecule has 1 aromatic carbocycles. The first-order valence-corrected chi connectivity index (χ1v) is 5.18. The van der Waals surface area contributed by atoms with Crippen LogP contribution in [0, 0.1) is 0 Å². The van der Waals surface area contributed by atoms with Crippen molar-refractivity contribution in [3.8, 4) is 0 Å². The van der Waals surface area contributed by atoms with Crippen molar-refractivity contribution in [3.05, 3.63) is 41.5 Å². The van der Waals surface area contributed by atoms with Crippen LogP contribution in [0.3, 0.4) is 0 Å². The van der Waals surface area contributed by atoms with E-state index >= 15 is 0 Å². The summed E-state index contributed by atoms with van der Waals surface area (Å²) in [6.45, 7) is 3.65. The van der Waals surface area contributed by atoms with Gasteiger partial charge in [0, 0.05) is 0 Å². The van der Waals surface area contributed by atoms with Gasteiger partial charge in [-0.1, -0.05) is 18.2 Å². The highest BCUT2D eigenvalue weighted by Crippen LogP contribution is 2.30. The van der Waals surface area contributed by atoms with Crippen LogP contribution in [-0.2, 0) is 16.1 Å². The quantitative estimate of drug-likeness (QED) is 0.771. The van der Waals surface area contributed by atoms with E-state index in [1.165, 1.54) is 0 Å². The van der Waals surface area contributed by atoms with Gasteiger partial charge in [-0.3, -0.25) is 0 Å². The fraction of sp³-hybridized carbons (Fsp3) is 0.308. The zero-order valence-electron chi connectivity index (χ0n) is 9.36. The molecule has 1 N–H and O–H groups in total. The number of hydrogen-bond donors (Lipinski definition) is 1. The number of aliphatic hydroxyl groups excluding tert-OH is 1. The van der Waals surface area contributed by atoms with Crippen molar-refractivity contribution in [3.63, 3.8) is 0 Å². The summed E-state index contributed by atoms with van der Waals surface area (Å²) >= 11 is 0. The van der Waals surface area contributed by atoms with Gasteiger partial charge in [0.15, 0.2) is 0 Å². The van der Waals surface area contributed by atoms with Gasteiger partial charge in [-0.15, -0.1) is 0 Å². The highest BCUT2D eigenvalue weighted by atomic mass is 16.6. The van der Waals surface area contributed by atoms with Gasteiger partial charge in [0.1, 0.15) is 5.60 Å². The summed E-state index contributed by atoms with van der Waals surface area (Å²) in [6.07, 6.45) is 1.81. The molecule has 1 aliphatic rings. The molecule has 1 aliphatic heterocycles. The predicted molar refractivity (Wildman–Crippen MR) is 60.5 cm³/mol. The molecule has 0 aliphatic carbocycles. The average molecular weight is 218 g/mol. The van der Waals surface area contributed by atoms with Gasteiger partial charge in [0.25, 0.3) is 0 Å². The molecule has 84 valence electrons. The van der Waals surface area contributed by atoms with Gasteiger partial charge in [0.05, 0.1) is 12.2 Å². The first-order valence-electron chi connectivity index (χ1n) is 5.18. The lowest BCUT2D eigenvalue weighted by molar-refractivity contribution is -0.142. The fourth-order valence-corrected chi connectivity index (χ4v) is 1.77. The van der Waals surface area contributed by atoms with Gasteiger partial charge in [-0.05, 0) is 37.1 Å². The summed E-state index contributed by atoms with van der Waals surface area (Å²) in [5, 5.41) is 9.04. The van der Waals surface area contributed by atoms with Crippen LogP contribution in [0.4, 0.5) is 0 Å². The van der Waals surface area contributed by atoms with E-state index in [1.807, 2.05) is 38.1 Å². The minimum atomic E-state index is -0.540. The molecule has 0 bridgehead atoms. The Morgan fingerprint density at radius 1 is 1.38 bits per heavy atom. The van der Waals surface area contributed by atoms with Crippen molar-refractivity contribution in [1.82, 2.24) is 0 Å². The smallest absolute Gasteiger partial charge is 0.339 e. The Labute approximate surface area is 94.4 Å². The number of carbonyl (C=O) groups excluding carboxylic acids is 1. The molecule has 2 rings (SSSR count). The normalized spacial score (nSPS) is 18.2. The minimum Gasteiger partial charge on any atom is -0.452 e. The third-order valence-corrected chi connectivity index (χ3v) is 2.49. The molecule has 3 heteroatoms. The molecule has 0 atom stereocenters. The molecule has 0 radical (unpaired) electrons. The number of aliphatic hydroxyl groups is 1. The van der Waals surface area contributed by atoms with Gasteiger partial charge in [0.2, 0.25) is 0 Å². The highest BCUT2D eigenvalue weighted by Gasteiger charge is 2.32. The van der Waals surface area contributed by atoms with E-state index < -0.39 is 5.60 Å². The number of ether oxygens (including phenoxy) is 1. The largest absolute Gasteiger partial charge is 0.452 e. The van der Waals surface area contributed by atoms with E-state index in [1.54, 1.807) is 6.07 Å². The third kappa shape index (κ3) is 1.99. The number of hydrogen-bond acceptors (Lipinski definition) is 3. The summed E-state index contributed by atoms with van der Waals surface area (Å²) in [6, 6.07) is 7.28. The Hall–Kier alpha value is -1.61. The Morgan fingerprint density at radius 3 is 2.69 bits per heavy atom. The van der Waals surface area contributed by atoms with E-state index in [2.05, 4.69) is 0 Å². The number of benzene rings is 1. The first-order chi connectivity index (χ1) is 7.52. The Balaban J connectivity index is 2.41. The van der Waals surface area contributed by atoms with Crippen LogP contribution >= 0.6 is 0 Å². The number of carbonyl (C=O) groups is 1. The van der Waals surface area contributed by atoms with E-state index in [4.69, 9.17) is 9.84 Å². The van der Waals surface area contributed by atoms with Crippen molar-refractivity contribution >= 4 is 11.5 Å². The van der Waals surface area contributed by atoms with Crippen molar-refractivity contribution < 1.29 is 14.6 Å². The second kappa shape index (κ2) is 3.76. The SMILES string of the molecule is CC1(C)C=C(c2cccc(CO)c2)C(=O)O1. The molecule has 16 heavy (non-hydrogen) atoms. The van der Waals surface area contributed by atoms with Crippen LogP contribution in [0.2, 0.25) is 0 Å². The van der Waals surface area contributed by atoms with E-state index in [0.717, 1.165) is 11.1 Å². The lowest BCUT2D eigenvalue weighted by atomic mass is 10.0. The zero-order chi connectivity index (χ0) is 11.8. The van der Waals surface area contributed by atoms with Gasteiger partial charge >= 0.3 is 5.97 Å². The molecule has 3 nitrogen and oxygen atoms in total. The van der Waals surface area contributed by atoms with Crippen LogP contribution in [0.1, 0.15) is 25.0 Å². The summed E-state index contributed by atoms with van der Waals surface area (Å²) in [5.41, 5.74) is 1.61. The maximum Gasteiger partial charge on any atom is 0.339 e. The molecular formula is C13H14O3.